The molecule has 1 aliphatic heterocycles. The Hall–Kier alpha value is -4.07. The zero-order chi connectivity index (χ0) is 30.3. The number of esters is 2. The number of carbonyl (C=O) groups excluding carboxylic acids is 5. The highest BCUT2D eigenvalue weighted by atomic mass is 16.6. The highest BCUT2D eigenvalue weighted by Crippen LogP contribution is 2.30. The maximum absolute atomic E-state index is 13.7. The predicted octanol–water partition coefficient (Wildman–Crippen LogP) is 3.08. The fourth-order valence-electron chi connectivity index (χ4n) is 3.89. The van der Waals surface area contributed by atoms with Crippen molar-refractivity contribution in [3.05, 3.63) is 29.8 Å². The Morgan fingerprint density at radius 3 is 2.10 bits per heavy atom. The molecule has 0 radical (unpaired) electrons. The molecule has 2 rings (SSSR count). The van der Waals surface area contributed by atoms with E-state index < -0.39 is 53.0 Å². The number of hydrogen-bond donors (Lipinski definition) is 0. The second kappa shape index (κ2) is 13.3. The van der Waals surface area contributed by atoms with E-state index in [9.17, 15) is 24.0 Å². The first-order valence-electron chi connectivity index (χ1n) is 12.8. The average Bonchev–Trinajstić information content (AvgIpc) is 3.20. The average molecular weight is 559 g/mol. The molecule has 11 heteroatoms. The minimum Gasteiger partial charge on any atom is -0.497 e. The second-order valence-corrected chi connectivity index (χ2v) is 11.2. The van der Waals surface area contributed by atoms with Crippen LogP contribution in [0.25, 0.3) is 0 Å². The van der Waals surface area contributed by atoms with Crippen LogP contribution < -0.4 is 4.74 Å². The second-order valence-electron chi connectivity index (χ2n) is 11.2. The lowest BCUT2D eigenvalue weighted by molar-refractivity contribution is -0.149. The topological polar surface area (TPSA) is 129 Å². The number of imide groups is 1. The van der Waals surface area contributed by atoms with E-state index in [0.717, 1.165) is 12.7 Å². The van der Waals surface area contributed by atoms with Gasteiger partial charge in [0.2, 0.25) is 11.8 Å². The maximum Gasteiger partial charge on any atom is 0.417 e. The van der Waals surface area contributed by atoms with Crippen LogP contribution in [0, 0.1) is 17.8 Å². The van der Waals surface area contributed by atoms with Gasteiger partial charge in [-0.2, -0.15) is 0 Å². The molecule has 0 aliphatic carbocycles. The summed E-state index contributed by atoms with van der Waals surface area (Å²) in [6.45, 7) is 10.2. The molecule has 2 atom stereocenters. The van der Waals surface area contributed by atoms with Crippen molar-refractivity contribution in [3.63, 3.8) is 0 Å². The first kappa shape index (κ1) is 32.1. The summed E-state index contributed by atoms with van der Waals surface area (Å²) in [5, 5.41) is 0. The summed E-state index contributed by atoms with van der Waals surface area (Å²) in [5.74, 6) is 1.43. The predicted molar refractivity (Wildman–Crippen MR) is 144 cm³/mol. The normalized spacial score (nSPS) is 16.9. The van der Waals surface area contributed by atoms with Crippen molar-refractivity contribution >= 4 is 29.8 Å². The summed E-state index contributed by atoms with van der Waals surface area (Å²) in [6.07, 6.45) is -1.18. The summed E-state index contributed by atoms with van der Waals surface area (Å²) < 4.78 is 20.5. The number of methoxy groups -OCH3 is 2. The standard InChI is InChI=1S/C29H38N2O9/c1-28(2,3)39-23(32)11-9-10-16-30(18-19-12-14-20(37-7)15-13-19)24(33)21-17-22(26(35)38-8)31(25(21)34)27(36)40-29(4,5)6/h12-15,21-22H,10,16-18H2,1-8H3/t21?,22-/m1/s1. The molecule has 3 amide bonds. The molecule has 0 spiro atoms. The Morgan fingerprint density at radius 1 is 0.975 bits per heavy atom. The van der Waals surface area contributed by atoms with Crippen LogP contribution in [0.2, 0.25) is 0 Å². The van der Waals surface area contributed by atoms with Crippen LogP contribution in [0.15, 0.2) is 24.3 Å². The van der Waals surface area contributed by atoms with Gasteiger partial charge in [-0.15, -0.1) is 0 Å². The molecule has 0 saturated carbocycles. The third kappa shape index (κ3) is 9.29. The van der Waals surface area contributed by atoms with Crippen LogP contribution >= 0.6 is 0 Å². The van der Waals surface area contributed by atoms with Gasteiger partial charge in [0.1, 0.15) is 28.9 Å². The van der Waals surface area contributed by atoms with E-state index in [-0.39, 0.29) is 25.9 Å². The summed E-state index contributed by atoms with van der Waals surface area (Å²) in [6, 6.07) is 5.70. The van der Waals surface area contributed by atoms with Crippen LogP contribution in [0.1, 0.15) is 59.9 Å². The van der Waals surface area contributed by atoms with Gasteiger partial charge in [-0.05, 0) is 65.7 Å². The van der Waals surface area contributed by atoms with Crippen LogP contribution in [0.3, 0.4) is 0 Å². The number of ether oxygens (including phenoxy) is 4. The molecule has 1 unspecified atom stereocenters. The first-order chi connectivity index (χ1) is 18.6. The number of carbonyl (C=O) groups is 5. The lowest BCUT2D eigenvalue weighted by Crippen LogP contribution is -2.47. The van der Waals surface area contributed by atoms with E-state index in [0.29, 0.717) is 10.6 Å². The molecular formula is C29H38N2O9. The lowest BCUT2D eigenvalue weighted by Gasteiger charge is -2.26. The van der Waals surface area contributed by atoms with Crippen molar-refractivity contribution in [2.24, 2.45) is 5.92 Å². The van der Waals surface area contributed by atoms with Gasteiger partial charge >= 0.3 is 18.0 Å². The molecule has 218 valence electrons. The van der Waals surface area contributed by atoms with E-state index in [1.165, 1.54) is 12.0 Å². The molecule has 1 aromatic rings. The largest absolute Gasteiger partial charge is 0.497 e. The third-order valence-corrected chi connectivity index (χ3v) is 5.61. The van der Waals surface area contributed by atoms with Crippen LogP contribution in [-0.2, 0) is 39.9 Å². The molecule has 0 aromatic heterocycles. The van der Waals surface area contributed by atoms with E-state index in [2.05, 4.69) is 11.8 Å². The van der Waals surface area contributed by atoms with Crippen LogP contribution in [0.4, 0.5) is 4.79 Å². The molecule has 40 heavy (non-hydrogen) atoms. The lowest BCUT2D eigenvalue weighted by atomic mass is 10.0. The molecule has 0 N–H and O–H groups in total. The Bertz CT molecular complexity index is 1170. The number of likely N-dealkylation sites (tertiary alicyclic amines) is 1. The van der Waals surface area contributed by atoms with Gasteiger partial charge in [0.15, 0.2) is 0 Å². The molecular weight excluding hydrogens is 520 g/mol. The zero-order valence-electron chi connectivity index (χ0n) is 24.4. The van der Waals surface area contributed by atoms with Gasteiger partial charge in [-0.25, -0.2) is 19.3 Å². The molecule has 1 aliphatic rings. The van der Waals surface area contributed by atoms with Crippen LogP contribution in [0.5, 0.6) is 5.75 Å². The van der Waals surface area contributed by atoms with Gasteiger partial charge in [-0.1, -0.05) is 18.1 Å². The fraction of sp³-hybridized carbons (Fsp3) is 0.552. The zero-order valence-corrected chi connectivity index (χ0v) is 24.4. The number of hydrogen-bond acceptors (Lipinski definition) is 9. The van der Waals surface area contributed by atoms with E-state index in [4.69, 9.17) is 18.9 Å². The van der Waals surface area contributed by atoms with Gasteiger partial charge < -0.3 is 23.8 Å². The fourth-order valence-corrected chi connectivity index (χ4v) is 3.89. The van der Waals surface area contributed by atoms with Crippen molar-refractivity contribution in [2.75, 3.05) is 20.8 Å². The first-order valence-corrected chi connectivity index (χ1v) is 12.8. The summed E-state index contributed by atoms with van der Waals surface area (Å²) in [4.78, 5) is 66.4. The van der Waals surface area contributed by atoms with E-state index in [1.807, 2.05) is 0 Å². The molecule has 1 fully saturated rings. The van der Waals surface area contributed by atoms with Crippen molar-refractivity contribution in [2.45, 2.75) is 78.2 Å². The number of benzene rings is 1. The van der Waals surface area contributed by atoms with Gasteiger partial charge in [-0.3, -0.25) is 9.59 Å². The smallest absolute Gasteiger partial charge is 0.417 e. The van der Waals surface area contributed by atoms with Crippen LogP contribution in [-0.4, -0.2) is 77.7 Å². The van der Waals surface area contributed by atoms with Crippen molar-refractivity contribution in [1.29, 1.82) is 0 Å². The summed E-state index contributed by atoms with van der Waals surface area (Å²) in [7, 11) is 2.67. The van der Waals surface area contributed by atoms with Gasteiger partial charge in [0.25, 0.3) is 0 Å². The molecule has 0 bridgehead atoms. The molecule has 11 nitrogen and oxygen atoms in total. The van der Waals surface area contributed by atoms with Gasteiger partial charge in [0, 0.05) is 25.4 Å². The Labute approximate surface area is 235 Å². The molecule has 1 heterocycles. The third-order valence-electron chi connectivity index (χ3n) is 5.61. The van der Waals surface area contributed by atoms with E-state index >= 15 is 0 Å². The highest BCUT2D eigenvalue weighted by molar-refractivity contribution is 6.10. The monoisotopic (exact) mass is 558 g/mol. The van der Waals surface area contributed by atoms with Gasteiger partial charge in [0.05, 0.1) is 14.2 Å². The number of rotatable bonds is 7. The SMILES string of the molecule is COC(=O)[C@H]1CC(C(=O)N(CCC#CC(=O)OC(C)(C)C)Cc2ccc(OC)cc2)C(=O)N1C(=O)OC(C)(C)C. The minimum atomic E-state index is -1.33. The van der Waals surface area contributed by atoms with Crippen molar-refractivity contribution in [1.82, 2.24) is 9.80 Å². The summed E-state index contributed by atoms with van der Waals surface area (Å²) >= 11 is 0. The van der Waals surface area contributed by atoms with Crippen molar-refractivity contribution in [3.8, 4) is 17.6 Å². The quantitative estimate of drug-likeness (QED) is 0.163. The number of nitrogens with zero attached hydrogens (tertiary/aromatic N) is 2. The minimum absolute atomic E-state index is 0.0692. The van der Waals surface area contributed by atoms with Crippen molar-refractivity contribution < 1.29 is 42.9 Å². The molecule has 1 saturated heterocycles. The number of amides is 3. The maximum atomic E-state index is 13.7. The van der Waals surface area contributed by atoms with E-state index in [1.54, 1.807) is 65.8 Å². The Morgan fingerprint density at radius 2 is 1.57 bits per heavy atom. The molecule has 1 aromatic carbocycles. The highest BCUT2D eigenvalue weighted by Gasteiger charge is 2.52. The Kier molecular flexibility index (Phi) is 10.7. The summed E-state index contributed by atoms with van der Waals surface area (Å²) in [5.41, 5.74) is -0.887. The Balaban J connectivity index is 2.31.